The van der Waals surface area contributed by atoms with Crippen LogP contribution in [0.3, 0.4) is 0 Å². The normalized spacial score (nSPS) is 25.6. The molecule has 0 bridgehead atoms. The largest absolute Gasteiger partial charge is 0.471 e. The van der Waals surface area contributed by atoms with E-state index in [1.807, 2.05) is 0 Å². The molecular weight excluding hydrogens is 243 g/mol. The van der Waals surface area contributed by atoms with Crippen molar-refractivity contribution in [1.29, 1.82) is 0 Å². The maximum atomic E-state index is 12.3. The van der Waals surface area contributed by atoms with Gasteiger partial charge < -0.3 is 14.7 Å². The van der Waals surface area contributed by atoms with E-state index in [4.69, 9.17) is 0 Å². The Morgan fingerprint density at radius 2 is 1.94 bits per heavy atom. The zero-order valence-corrected chi connectivity index (χ0v) is 9.03. The molecule has 1 heterocycles. The predicted octanol–water partition coefficient (Wildman–Crippen LogP) is 0.0736. The van der Waals surface area contributed by atoms with Gasteiger partial charge in [-0.3, -0.25) is 4.79 Å². The Bertz CT molecular complexity index is 318. The zero-order chi connectivity index (χ0) is 13.2. The van der Waals surface area contributed by atoms with Crippen LogP contribution in [0.4, 0.5) is 13.2 Å². The van der Waals surface area contributed by atoms with Crippen molar-refractivity contribution >= 4 is 11.9 Å². The van der Waals surface area contributed by atoms with Crippen molar-refractivity contribution < 1.29 is 32.6 Å². The molecule has 0 radical (unpaired) electrons. The van der Waals surface area contributed by atoms with Crippen molar-refractivity contribution in [2.75, 3.05) is 13.7 Å². The smallest absolute Gasteiger partial charge is 0.467 e. The Labute approximate surface area is 95.1 Å². The van der Waals surface area contributed by atoms with E-state index in [1.54, 1.807) is 0 Å². The second kappa shape index (κ2) is 4.91. The van der Waals surface area contributed by atoms with Crippen LogP contribution in [0.5, 0.6) is 0 Å². The van der Waals surface area contributed by atoms with Crippen LogP contribution in [0.15, 0.2) is 0 Å². The summed E-state index contributed by atoms with van der Waals surface area (Å²) >= 11 is 0. The molecule has 0 spiro atoms. The van der Waals surface area contributed by atoms with Gasteiger partial charge in [0, 0.05) is 6.54 Å². The third-order valence-electron chi connectivity index (χ3n) is 2.53. The van der Waals surface area contributed by atoms with Crippen molar-refractivity contribution in [2.24, 2.45) is 0 Å². The van der Waals surface area contributed by atoms with Crippen molar-refractivity contribution in [3.63, 3.8) is 0 Å². The fraction of sp³-hybridized carbons (Fsp3) is 0.778. The lowest BCUT2D eigenvalue weighted by Gasteiger charge is -2.36. The molecule has 0 aliphatic carbocycles. The van der Waals surface area contributed by atoms with Crippen LogP contribution in [-0.2, 0) is 14.3 Å². The summed E-state index contributed by atoms with van der Waals surface area (Å²) in [6, 6.07) is -1.28. The molecule has 17 heavy (non-hydrogen) atoms. The highest BCUT2D eigenvalue weighted by molar-refractivity contribution is 5.87. The van der Waals surface area contributed by atoms with E-state index in [1.165, 1.54) is 0 Å². The summed E-state index contributed by atoms with van der Waals surface area (Å²) in [5.41, 5.74) is 0. The highest BCUT2D eigenvalue weighted by atomic mass is 19.4. The first kappa shape index (κ1) is 13.8. The Morgan fingerprint density at radius 3 is 2.41 bits per heavy atom. The van der Waals surface area contributed by atoms with Gasteiger partial charge in [0.2, 0.25) is 0 Å². The fourth-order valence-corrected chi connectivity index (χ4v) is 1.72. The lowest BCUT2D eigenvalue weighted by molar-refractivity contribution is -0.193. The Kier molecular flexibility index (Phi) is 3.97. The summed E-state index contributed by atoms with van der Waals surface area (Å²) < 4.78 is 41.2. The minimum absolute atomic E-state index is 0.0460. The number of aliphatic hydroxyl groups is 1. The number of likely N-dealkylation sites (tertiary alicyclic amines) is 1. The van der Waals surface area contributed by atoms with Crippen molar-refractivity contribution in [3.8, 4) is 0 Å². The van der Waals surface area contributed by atoms with E-state index >= 15 is 0 Å². The fourth-order valence-electron chi connectivity index (χ4n) is 1.72. The lowest BCUT2D eigenvalue weighted by Crippen LogP contribution is -2.56. The van der Waals surface area contributed by atoms with Crippen LogP contribution < -0.4 is 0 Å². The number of β-amino-alcohol motifs (C(OH)–C–C–N with tert-alkyl or cyclic N) is 1. The van der Waals surface area contributed by atoms with Gasteiger partial charge in [0.25, 0.3) is 0 Å². The molecule has 0 aromatic rings. The summed E-state index contributed by atoms with van der Waals surface area (Å²) in [5.74, 6) is -3.04. The highest BCUT2D eigenvalue weighted by Crippen LogP contribution is 2.25. The van der Waals surface area contributed by atoms with Crippen LogP contribution >= 0.6 is 0 Å². The maximum absolute atomic E-state index is 12.3. The number of halogens is 3. The number of methoxy groups -OCH3 is 1. The highest BCUT2D eigenvalue weighted by Gasteiger charge is 2.48. The number of alkyl halides is 3. The molecule has 1 amide bonds. The van der Waals surface area contributed by atoms with Gasteiger partial charge in [0.05, 0.1) is 13.2 Å². The number of aliphatic hydroxyl groups excluding tert-OH is 1. The number of carbonyl (C=O) groups excluding carboxylic acids is 2. The topological polar surface area (TPSA) is 66.8 Å². The molecule has 1 aliphatic rings. The van der Waals surface area contributed by atoms with Gasteiger partial charge in [0.1, 0.15) is 6.04 Å². The zero-order valence-electron chi connectivity index (χ0n) is 9.03. The Balaban J connectivity index is 2.89. The molecule has 1 N–H and O–H groups in total. The molecule has 8 heteroatoms. The number of nitrogens with zero attached hydrogens (tertiary/aromatic N) is 1. The summed E-state index contributed by atoms with van der Waals surface area (Å²) in [5, 5.41) is 9.25. The number of carbonyl (C=O) groups is 2. The predicted molar refractivity (Wildman–Crippen MR) is 48.8 cm³/mol. The van der Waals surface area contributed by atoms with Gasteiger partial charge in [-0.25, -0.2) is 4.79 Å². The third-order valence-corrected chi connectivity index (χ3v) is 2.53. The molecule has 5 nitrogen and oxygen atoms in total. The Morgan fingerprint density at radius 1 is 1.35 bits per heavy atom. The van der Waals surface area contributed by atoms with Crippen molar-refractivity contribution in [1.82, 2.24) is 4.90 Å². The van der Waals surface area contributed by atoms with E-state index in [0.717, 1.165) is 7.11 Å². The Hall–Kier alpha value is -1.31. The second-order valence-electron chi connectivity index (χ2n) is 3.73. The second-order valence-corrected chi connectivity index (χ2v) is 3.73. The number of rotatable bonds is 1. The van der Waals surface area contributed by atoms with E-state index < -0.39 is 36.7 Å². The van der Waals surface area contributed by atoms with E-state index in [2.05, 4.69) is 4.74 Å². The van der Waals surface area contributed by atoms with Crippen molar-refractivity contribution in [3.05, 3.63) is 0 Å². The average Bonchev–Trinajstić information content (AvgIpc) is 2.25. The van der Waals surface area contributed by atoms with Gasteiger partial charge >= 0.3 is 18.1 Å². The van der Waals surface area contributed by atoms with Crippen molar-refractivity contribution in [2.45, 2.75) is 31.2 Å². The maximum Gasteiger partial charge on any atom is 0.471 e. The van der Waals surface area contributed by atoms with Crippen LogP contribution in [0, 0.1) is 0 Å². The molecule has 0 saturated carbocycles. The number of hydrogen-bond acceptors (Lipinski definition) is 4. The minimum Gasteiger partial charge on any atom is -0.467 e. The monoisotopic (exact) mass is 255 g/mol. The summed E-state index contributed by atoms with van der Waals surface area (Å²) in [6.45, 7) is -0.516. The quantitative estimate of drug-likeness (QED) is 0.673. The van der Waals surface area contributed by atoms with Crippen LogP contribution in [-0.4, -0.2) is 53.9 Å². The summed E-state index contributed by atoms with van der Waals surface area (Å²) in [7, 11) is 1.03. The van der Waals surface area contributed by atoms with Gasteiger partial charge in [-0.05, 0) is 12.8 Å². The molecule has 98 valence electrons. The number of piperidine rings is 1. The minimum atomic E-state index is -5.07. The van der Waals surface area contributed by atoms with Crippen LogP contribution in [0.25, 0.3) is 0 Å². The van der Waals surface area contributed by atoms with Gasteiger partial charge in [0.15, 0.2) is 0 Å². The lowest BCUT2D eigenvalue weighted by atomic mass is 10.00. The van der Waals surface area contributed by atoms with Gasteiger partial charge in [-0.2, -0.15) is 13.2 Å². The van der Waals surface area contributed by atoms with E-state index in [-0.39, 0.29) is 12.8 Å². The molecular formula is C9H12F3NO4. The van der Waals surface area contributed by atoms with Gasteiger partial charge in [-0.1, -0.05) is 0 Å². The van der Waals surface area contributed by atoms with Crippen LogP contribution in [0.2, 0.25) is 0 Å². The average molecular weight is 255 g/mol. The van der Waals surface area contributed by atoms with E-state index in [9.17, 15) is 27.9 Å². The van der Waals surface area contributed by atoms with E-state index in [0.29, 0.717) is 4.90 Å². The first-order valence-electron chi connectivity index (χ1n) is 4.91. The number of esters is 1. The first-order chi connectivity index (χ1) is 7.77. The molecule has 1 aliphatic heterocycles. The van der Waals surface area contributed by atoms with Gasteiger partial charge in [-0.15, -0.1) is 0 Å². The summed E-state index contributed by atoms with van der Waals surface area (Å²) in [6.07, 6.45) is -6.01. The third kappa shape index (κ3) is 3.09. The molecule has 0 aromatic carbocycles. The molecule has 2 atom stereocenters. The first-order valence-corrected chi connectivity index (χ1v) is 4.91. The standard InChI is InChI=1S/C9H12F3NO4/c1-17-7(15)6-3-2-5(14)4-13(6)8(16)9(10,11)12/h5-6,14H,2-4H2,1H3/t5-,6-/m0/s1. The molecule has 1 rings (SSSR count). The number of amides is 1. The summed E-state index contributed by atoms with van der Waals surface area (Å²) in [4.78, 5) is 22.6. The number of ether oxygens (including phenoxy) is 1. The molecule has 1 fully saturated rings. The molecule has 0 aromatic heterocycles. The number of hydrogen-bond donors (Lipinski definition) is 1. The molecule has 1 saturated heterocycles. The SMILES string of the molecule is COC(=O)[C@@H]1CC[C@H](O)CN1C(=O)C(F)(F)F. The molecule has 0 unspecified atom stereocenters. The van der Waals surface area contributed by atoms with Crippen LogP contribution in [0.1, 0.15) is 12.8 Å².